The van der Waals surface area contributed by atoms with Crippen molar-refractivity contribution in [1.82, 2.24) is 10.2 Å². The molecule has 0 unspecified atom stereocenters. The van der Waals surface area contributed by atoms with Gasteiger partial charge in [0.25, 0.3) is 0 Å². The average Bonchev–Trinajstić information content (AvgIpc) is 2.44. The summed E-state index contributed by atoms with van der Waals surface area (Å²) in [7, 11) is 1.81. The van der Waals surface area contributed by atoms with E-state index in [1.54, 1.807) is 4.90 Å². The molecule has 1 aliphatic rings. The van der Waals surface area contributed by atoms with Gasteiger partial charge < -0.3 is 10.2 Å². The number of hydrogen-bond acceptors (Lipinski definition) is 1. The fourth-order valence-corrected chi connectivity index (χ4v) is 2.84. The lowest BCUT2D eigenvalue weighted by atomic mass is 9.87. The lowest BCUT2D eigenvalue weighted by Crippen LogP contribution is -2.44. The Labute approximate surface area is 126 Å². The highest BCUT2D eigenvalue weighted by Crippen LogP contribution is 2.23. The van der Waals surface area contributed by atoms with E-state index in [9.17, 15) is 4.79 Å². The number of nitrogens with one attached hydrogen (secondary N) is 1. The average molecular weight is 295 g/mol. The smallest absolute Gasteiger partial charge is 0.317 e. The van der Waals surface area contributed by atoms with Crippen LogP contribution < -0.4 is 5.32 Å². The second kappa shape index (κ2) is 6.98. The molecule has 0 spiro atoms. The Hall–Kier alpha value is -1.22. The molecule has 1 aromatic carbocycles. The van der Waals surface area contributed by atoms with Gasteiger partial charge in [0.1, 0.15) is 0 Å². The molecule has 20 heavy (non-hydrogen) atoms. The van der Waals surface area contributed by atoms with E-state index in [0.717, 1.165) is 24.3 Å². The third-order valence-electron chi connectivity index (χ3n) is 4.06. The maximum atomic E-state index is 12.2. The van der Waals surface area contributed by atoms with E-state index < -0.39 is 0 Å². The van der Waals surface area contributed by atoms with Crippen LogP contribution in [0.15, 0.2) is 24.3 Å². The van der Waals surface area contributed by atoms with Crippen LogP contribution in [0.25, 0.3) is 0 Å². The maximum absolute atomic E-state index is 12.2. The highest BCUT2D eigenvalue weighted by atomic mass is 35.5. The lowest BCUT2D eigenvalue weighted by molar-refractivity contribution is 0.195. The topological polar surface area (TPSA) is 32.3 Å². The first kappa shape index (κ1) is 15.2. The molecule has 2 amide bonds. The third kappa shape index (κ3) is 4.14. The molecular formula is C16H23ClN2O. The Morgan fingerprint density at radius 1 is 1.30 bits per heavy atom. The van der Waals surface area contributed by atoms with Crippen molar-refractivity contribution in [3.63, 3.8) is 0 Å². The number of benzene rings is 1. The second-order valence-corrected chi connectivity index (χ2v) is 6.26. The molecule has 2 rings (SSSR count). The molecule has 0 heterocycles. The largest absolute Gasteiger partial charge is 0.335 e. The van der Waals surface area contributed by atoms with E-state index in [4.69, 9.17) is 11.6 Å². The molecule has 1 N–H and O–H groups in total. The van der Waals surface area contributed by atoms with E-state index in [0.29, 0.717) is 17.6 Å². The first-order chi connectivity index (χ1) is 9.56. The molecule has 0 bridgehead atoms. The minimum absolute atomic E-state index is 0.00975. The number of rotatable bonds is 3. The third-order valence-corrected chi connectivity index (χ3v) is 4.42. The predicted molar refractivity (Wildman–Crippen MR) is 82.9 cm³/mol. The van der Waals surface area contributed by atoms with Crippen molar-refractivity contribution in [3.8, 4) is 0 Å². The van der Waals surface area contributed by atoms with Gasteiger partial charge in [-0.1, -0.05) is 36.7 Å². The van der Waals surface area contributed by atoms with Gasteiger partial charge in [-0.25, -0.2) is 4.79 Å². The Kier molecular flexibility index (Phi) is 5.30. The van der Waals surface area contributed by atoms with E-state index in [2.05, 4.69) is 12.2 Å². The van der Waals surface area contributed by atoms with Gasteiger partial charge in [0.15, 0.2) is 0 Å². The van der Waals surface area contributed by atoms with Gasteiger partial charge in [-0.3, -0.25) is 0 Å². The molecule has 0 radical (unpaired) electrons. The number of carbonyl (C=O) groups is 1. The molecule has 1 aromatic rings. The summed E-state index contributed by atoms with van der Waals surface area (Å²) in [6, 6.07) is 7.96. The quantitative estimate of drug-likeness (QED) is 0.896. The van der Waals surface area contributed by atoms with Crippen molar-refractivity contribution in [2.45, 2.75) is 45.2 Å². The normalized spacial score (nSPS) is 22.4. The van der Waals surface area contributed by atoms with Crippen LogP contribution in [-0.2, 0) is 6.54 Å². The number of carbonyl (C=O) groups excluding carboxylic acids is 1. The summed E-state index contributed by atoms with van der Waals surface area (Å²) in [4.78, 5) is 13.9. The molecule has 1 saturated carbocycles. The van der Waals surface area contributed by atoms with Gasteiger partial charge in [-0.2, -0.15) is 0 Å². The zero-order valence-corrected chi connectivity index (χ0v) is 13.0. The molecule has 1 aliphatic carbocycles. The fourth-order valence-electron chi connectivity index (χ4n) is 2.64. The Balaban J connectivity index is 1.84. The maximum Gasteiger partial charge on any atom is 0.317 e. The molecule has 0 saturated heterocycles. The second-order valence-electron chi connectivity index (χ2n) is 5.85. The van der Waals surface area contributed by atoms with Gasteiger partial charge in [-0.05, 0) is 43.2 Å². The molecular weight excluding hydrogens is 272 g/mol. The van der Waals surface area contributed by atoms with E-state index in [-0.39, 0.29) is 6.03 Å². The summed E-state index contributed by atoms with van der Waals surface area (Å²) in [5.41, 5.74) is 0.976. The summed E-state index contributed by atoms with van der Waals surface area (Å²) in [6.45, 7) is 2.82. The van der Waals surface area contributed by atoms with Crippen LogP contribution in [0.3, 0.4) is 0 Å². The SMILES string of the molecule is CC1CCC(NC(=O)N(C)Cc2ccccc2Cl)CC1. The fraction of sp³-hybridized carbons (Fsp3) is 0.562. The monoisotopic (exact) mass is 294 g/mol. The van der Waals surface area contributed by atoms with E-state index in [1.807, 2.05) is 31.3 Å². The molecule has 110 valence electrons. The van der Waals surface area contributed by atoms with Crippen molar-refractivity contribution >= 4 is 17.6 Å². The number of nitrogens with zero attached hydrogens (tertiary/aromatic N) is 1. The Morgan fingerprint density at radius 3 is 2.60 bits per heavy atom. The zero-order valence-electron chi connectivity index (χ0n) is 12.2. The molecule has 4 heteroatoms. The molecule has 0 aliphatic heterocycles. The van der Waals surface area contributed by atoms with Crippen LogP contribution >= 0.6 is 11.6 Å². The highest BCUT2D eigenvalue weighted by Gasteiger charge is 2.21. The Bertz CT molecular complexity index is 456. The molecule has 1 fully saturated rings. The van der Waals surface area contributed by atoms with Gasteiger partial charge in [0, 0.05) is 24.7 Å². The summed E-state index contributed by atoms with van der Waals surface area (Å²) in [5.74, 6) is 0.795. The first-order valence-corrected chi connectivity index (χ1v) is 7.69. The molecule has 0 aromatic heterocycles. The molecule has 3 nitrogen and oxygen atoms in total. The van der Waals surface area contributed by atoms with Crippen LogP contribution in [0.1, 0.15) is 38.2 Å². The standard InChI is InChI=1S/C16H23ClN2O/c1-12-7-9-14(10-8-12)18-16(20)19(2)11-13-5-3-4-6-15(13)17/h3-6,12,14H,7-11H2,1-2H3,(H,18,20). The Morgan fingerprint density at radius 2 is 1.95 bits per heavy atom. The van der Waals surface area contributed by atoms with Crippen molar-refractivity contribution < 1.29 is 4.79 Å². The van der Waals surface area contributed by atoms with Crippen molar-refractivity contribution in [2.75, 3.05) is 7.05 Å². The van der Waals surface area contributed by atoms with Gasteiger partial charge in [-0.15, -0.1) is 0 Å². The summed E-state index contributed by atoms with van der Waals surface area (Å²) >= 11 is 6.12. The number of amides is 2. The van der Waals surface area contributed by atoms with E-state index >= 15 is 0 Å². The first-order valence-electron chi connectivity index (χ1n) is 7.31. The van der Waals surface area contributed by atoms with Gasteiger partial charge in [0.2, 0.25) is 0 Å². The predicted octanol–water partition coefficient (Wildman–Crippen LogP) is 4.06. The van der Waals surface area contributed by atoms with Crippen molar-refractivity contribution in [1.29, 1.82) is 0 Å². The van der Waals surface area contributed by atoms with Crippen LogP contribution in [0, 0.1) is 5.92 Å². The lowest BCUT2D eigenvalue weighted by Gasteiger charge is -2.29. The van der Waals surface area contributed by atoms with Crippen molar-refractivity contribution in [3.05, 3.63) is 34.9 Å². The zero-order chi connectivity index (χ0) is 14.5. The number of urea groups is 1. The summed E-state index contributed by atoms with van der Waals surface area (Å²) in [5, 5.41) is 3.83. The van der Waals surface area contributed by atoms with Crippen LogP contribution in [0.5, 0.6) is 0 Å². The highest BCUT2D eigenvalue weighted by molar-refractivity contribution is 6.31. The van der Waals surface area contributed by atoms with Crippen molar-refractivity contribution in [2.24, 2.45) is 5.92 Å². The summed E-state index contributed by atoms with van der Waals surface area (Å²) < 4.78 is 0. The van der Waals surface area contributed by atoms with Crippen LogP contribution in [0.2, 0.25) is 5.02 Å². The van der Waals surface area contributed by atoms with E-state index in [1.165, 1.54) is 12.8 Å². The number of hydrogen-bond donors (Lipinski definition) is 1. The van der Waals surface area contributed by atoms with Crippen LogP contribution in [-0.4, -0.2) is 24.0 Å². The minimum atomic E-state index is -0.00975. The van der Waals surface area contributed by atoms with Gasteiger partial charge in [0.05, 0.1) is 0 Å². The number of halogens is 1. The van der Waals surface area contributed by atoms with Crippen LogP contribution in [0.4, 0.5) is 4.79 Å². The minimum Gasteiger partial charge on any atom is -0.335 e. The summed E-state index contributed by atoms with van der Waals surface area (Å²) in [6.07, 6.45) is 4.60. The van der Waals surface area contributed by atoms with Gasteiger partial charge >= 0.3 is 6.03 Å². The molecule has 0 atom stereocenters.